The number of halogens is 2. The number of nitriles is 1. The van der Waals surface area contributed by atoms with Gasteiger partial charge in [0, 0.05) is 22.9 Å². The molecule has 41 heavy (non-hydrogen) atoms. The highest BCUT2D eigenvalue weighted by atomic mass is 19.3. The van der Waals surface area contributed by atoms with E-state index in [0.717, 1.165) is 0 Å². The smallest absolute Gasteiger partial charge is 0.315 e. The third-order valence-corrected chi connectivity index (χ3v) is 6.73. The van der Waals surface area contributed by atoms with E-state index in [2.05, 4.69) is 15.4 Å². The summed E-state index contributed by atoms with van der Waals surface area (Å²) in [6, 6.07) is 15.5. The Bertz CT molecular complexity index is 1680. The Balaban J connectivity index is 1.40. The lowest BCUT2D eigenvalue weighted by atomic mass is 10.0. The number of nitrogens with zero attached hydrogens (tertiary/aromatic N) is 5. The fraction of sp³-hybridized carbons (Fsp3) is 0.207. The topological polar surface area (TPSA) is 122 Å². The predicted molar refractivity (Wildman–Crippen MR) is 144 cm³/mol. The molecule has 1 N–H and O–H groups in total. The number of nitrogens with one attached hydrogen (secondary N) is 1. The molecule has 1 unspecified atom stereocenters. The molecule has 0 saturated carbocycles. The molecule has 0 bridgehead atoms. The van der Waals surface area contributed by atoms with E-state index in [4.69, 9.17) is 9.47 Å². The lowest BCUT2D eigenvalue weighted by Gasteiger charge is -2.34. The average molecular weight is 559 g/mol. The molecule has 2 aromatic carbocycles. The van der Waals surface area contributed by atoms with Crippen LogP contribution in [0.1, 0.15) is 44.6 Å². The molecule has 2 aromatic heterocycles. The van der Waals surface area contributed by atoms with Crippen LogP contribution in [0.15, 0.2) is 66.9 Å². The fourth-order valence-corrected chi connectivity index (χ4v) is 4.67. The Morgan fingerprint density at radius 2 is 1.88 bits per heavy atom. The number of benzene rings is 2. The fourth-order valence-electron chi connectivity index (χ4n) is 4.67. The third kappa shape index (κ3) is 4.93. The molecule has 2 amide bonds. The van der Waals surface area contributed by atoms with Gasteiger partial charge in [0.1, 0.15) is 23.2 Å². The highest BCUT2D eigenvalue weighted by molar-refractivity contribution is 6.13. The molecule has 0 aliphatic carbocycles. The largest absolute Gasteiger partial charge is 0.495 e. The van der Waals surface area contributed by atoms with Crippen LogP contribution in [0.5, 0.6) is 11.6 Å². The maximum absolute atomic E-state index is 15.2. The van der Waals surface area contributed by atoms with Crippen molar-refractivity contribution in [3.63, 3.8) is 0 Å². The Hall–Kier alpha value is -5.31. The summed E-state index contributed by atoms with van der Waals surface area (Å²) in [5.41, 5.74) is 0.337. The zero-order valence-electron chi connectivity index (χ0n) is 22.3. The molecular formula is C29H24F2N6O4. The quantitative estimate of drug-likeness (QED) is 0.352. The second kappa shape index (κ2) is 10.7. The van der Waals surface area contributed by atoms with Crippen molar-refractivity contribution in [3.05, 3.63) is 94.9 Å². The summed E-state index contributed by atoms with van der Waals surface area (Å²) in [6.45, 7) is 2.12. The molecule has 0 fully saturated rings. The first-order chi connectivity index (χ1) is 19.7. The van der Waals surface area contributed by atoms with Gasteiger partial charge >= 0.3 is 5.92 Å². The SMILES string of the molecule is COc1cccc(C(F)(F)c2ccc(N3C(=O)c4c(NC(=O)c5ccc(OC)c(C#N)c5)cnn4CC3C)cc2)n1. The number of anilines is 2. The summed E-state index contributed by atoms with van der Waals surface area (Å²) in [4.78, 5) is 32.0. The molecule has 1 aliphatic rings. The van der Waals surface area contributed by atoms with Crippen LogP contribution in [0.3, 0.4) is 0 Å². The Labute approximate surface area is 233 Å². The molecule has 0 spiro atoms. The second-order valence-electron chi connectivity index (χ2n) is 9.28. The average Bonchev–Trinajstić information content (AvgIpc) is 3.39. The first-order valence-electron chi connectivity index (χ1n) is 12.5. The number of pyridine rings is 1. The number of alkyl halides is 2. The molecule has 5 rings (SSSR count). The highest BCUT2D eigenvalue weighted by Gasteiger charge is 2.38. The number of methoxy groups -OCH3 is 2. The molecule has 208 valence electrons. The molecule has 10 nitrogen and oxygen atoms in total. The van der Waals surface area contributed by atoms with Gasteiger partial charge < -0.3 is 19.7 Å². The number of hydrogen-bond acceptors (Lipinski definition) is 7. The van der Waals surface area contributed by atoms with Crippen molar-refractivity contribution in [2.75, 3.05) is 24.4 Å². The number of carbonyl (C=O) groups is 2. The standard InChI is InChI=1S/C29H24F2N6O4/c1-17-16-36-26(22(15-33-36)34-27(38)18-7-12-23(40-2)19(13-18)14-32)28(39)37(17)21-10-8-20(9-11-21)29(30,31)24-5-4-6-25(35-24)41-3/h4-13,15,17H,16H2,1-3H3,(H,34,38). The Kier molecular flexibility index (Phi) is 7.11. The normalized spacial score (nSPS) is 14.7. The number of amides is 2. The number of hydrogen-bond donors (Lipinski definition) is 1. The van der Waals surface area contributed by atoms with E-state index in [1.54, 1.807) is 0 Å². The van der Waals surface area contributed by atoms with Crippen molar-refractivity contribution >= 4 is 23.2 Å². The van der Waals surface area contributed by atoms with E-state index in [1.807, 2.05) is 13.0 Å². The van der Waals surface area contributed by atoms with Crippen LogP contribution in [-0.4, -0.2) is 46.8 Å². The van der Waals surface area contributed by atoms with Crippen molar-refractivity contribution in [2.45, 2.75) is 25.4 Å². The summed E-state index contributed by atoms with van der Waals surface area (Å²) < 4.78 is 42.0. The van der Waals surface area contributed by atoms with Crippen molar-refractivity contribution in [1.29, 1.82) is 5.26 Å². The van der Waals surface area contributed by atoms with Crippen LogP contribution >= 0.6 is 0 Å². The summed E-state index contributed by atoms with van der Waals surface area (Å²) in [7, 11) is 2.77. The minimum absolute atomic E-state index is 0.0727. The van der Waals surface area contributed by atoms with Crippen molar-refractivity contribution in [3.8, 4) is 17.7 Å². The lowest BCUT2D eigenvalue weighted by Crippen LogP contribution is -2.47. The van der Waals surface area contributed by atoms with Gasteiger partial charge in [-0.2, -0.15) is 19.1 Å². The lowest BCUT2D eigenvalue weighted by molar-refractivity contribution is 0.0374. The van der Waals surface area contributed by atoms with Crippen molar-refractivity contribution < 1.29 is 27.8 Å². The van der Waals surface area contributed by atoms with E-state index in [1.165, 1.54) is 90.7 Å². The predicted octanol–water partition coefficient (Wildman–Crippen LogP) is 4.61. The van der Waals surface area contributed by atoms with Gasteiger partial charge in [0.25, 0.3) is 11.8 Å². The monoisotopic (exact) mass is 558 g/mol. The number of rotatable bonds is 7. The molecule has 3 heterocycles. The number of fused-ring (bicyclic) bond motifs is 1. The van der Waals surface area contributed by atoms with E-state index < -0.39 is 23.4 Å². The molecule has 1 atom stereocenters. The zero-order chi connectivity index (χ0) is 29.3. The first-order valence-corrected chi connectivity index (χ1v) is 12.5. The molecule has 1 aliphatic heterocycles. The van der Waals surface area contributed by atoms with Gasteiger partial charge in [0.15, 0.2) is 0 Å². The van der Waals surface area contributed by atoms with Crippen molar-refractivity contribution in [1.82, 2.24) is 14.8 Å². The molecule has 4 aromatic rings. The maximum Gasteiger partial charge on any atom is 0.315 e. The van der Waals surface area contributed by atoms with E-state index in [-0.39, 0.29) is 40.0 Å². The van der Waals surface area contributed by atoms with Crippen molar-refractivity contribution in [2.24, 2.45) is 0 Å². The molecule has 12 heteroatoms. The summed E-state index contributed by atoms with van der Waals surface area (Å²) in [5, 5.41) is 16.3. The second-order valence-corrected chi connectivity index (χ2v) is 9.28. The van der Waals surface area contributed by atoms with Gasteiger partial charge in [-0.3, -0.25) is 14.3 Å². The van der Waals surface area contributed by atoms with Gasteiger partial charge in [-0.15, -0.1) is 0 Å². The minimum atomic E-state index is -3.40. The zero-order valence-corrected chi connectivity index (χ0v) is 22.3. The van der Waals surface area contributed by atoms with Crippen LogP contribution < -0.4 is 19.7 Å². The first kappa shape index (κ1) is 27.3. The molecule has 0 saturated heterocycles. The van der Waals surface area contributed by atoms with Crippen LogP contribution in [0.25, 0.3) is 0 Å². The maximum atomic E-state index is 15.2. The van der Waals surface area contributed by atoms with Crippen LogP contribution in [-0.2, 0) is 12.5 Å². The summed E-state index contributed by atoms with van der Waals surface area (Å²) in [5.74, 6) is -4.00. The molecular weight excluding hydrogens is 534 g/mol. The molecule has 0 radical (unpaired) electrons. The number of carbonyl (C=O) groups excluding carboxylic acids is 2. The van der Waals surface area contributed by atoms with Crippen LogP contribution in [0.4, 0.5) is 20.2 Å². The van der Waals surface area contributed by atoms with E-state index >= 15 is 8.78 Å². The summed E-state index contributed by atoms with van der Waals surface area (Å²) >= 11 is 0. The van der Waals surface area contributed by atoms with Gasteiger partial charge in [0.05, 0.1) is 44.3 Å². The van der Waals surface area contributed by atoms with Crippen LogP contribution in [0, 0.1) is 11.3 Å². The number of ether oxygens (including phenoxy) is 2. The summed E-state index contributed by atoms with van der Waals surface area (Å²) in [6.07, 6.45) is 1.38. The number of aromatic nitrogens is 3. The minimum Gasteiger partial charge on any atom is -0.495 e. The van der Waals surface area contributed by atoms with Gasteiger partial charge in [-0.05, 0) is 43.3 Å². The third-order valence-electron chi connectivity index (χ3n) is 6.73. The Morgan fingerprint density at radius 3 is 2.56 bits per heavy atom. The van der Waals surface area contributed by atoms with Gasteiger partial charge in [0.2, 0.25) is 5.88 Å². The van der Waals surface area contributed by atoms with E-state index in [9.17, 15) is 14.9 Å². The van der Waals surface area contributed by atoms with Gasteiger partial charge in [-0.25, -0.2) is 4.98 Å². The van der Waals surface area contributed by atoms with E-state index in [0.29, 0.717) is 18.0 Å². The highest BCUT2D eigenvalue weighted by Crippen LogP contribution is 2.37. The van der Waals surface area contributed by atoms with Gasteiger partial charge in [-0.1, -0.05) is 18.2 Å². The Morgan fingerprint density at radius 1 is 1.12 bits per heavy atom. The van der Waals surface area contributed by atoms with Crippen LogP contribution in [0.2, 0.25) is 0 Å².